The zero-order chi connectivity index (χ0) is 22.7. The van der Waals surface area contributed by atoms with Gasteiger partial charge in [-0.15, -0.1) is 0 Å². The van der Waals surface area contributed by atoms with E-state index in [1.807, 2.05) is 23.1 Å². The zero-order valence-electron chi connectivity index (χ0n) is 17.9. The Hall–Kier alpha value is -3.42. The van der Waals surface area contributed by atoms with Crippen LogP contribution in [-0.4, -0.2) is 36.6 Å². The fourth-order valence-electron chi connectivity index (χ4n) is 4.10. The van der Waals surface area contributed by atoms with Crippen molar-refractivity contribution in [3.8, 4) is 22.8 Å². The number of benzene rings is 2. The molecule has 0 aliphatic carbocycles. The van der Waals surface area contributed by atoms with Crippen LogP contribution in [0, 0.1) is 11.6 Å². The molecule has 3 aromatic rings. The molecular formula is C24H24F2N2O4. The predicted octanol–water partition coefficient (Wildman–Crippen LogP) is 4.93. The highest BCUT2D eigenvalue weighted by Crippen LogP contribution is 2.37. The summed E-state index contributed by atoms with van der Waals surface area (Å²) in [5, 5.41) is 0. The number of hydrogen-bond acceptors (Lipinski definition) is 5. The number of likely N-dealkylation sites (tertiary alicyclic amines) is 1. The molecule has 32 heavy (non-hydrogen) atoms. The molecule has 1 amide bonds. The lowest BCUT2D eigenvalue weighted by Gasteiger charge is -2.25. The molecule has 6 nitrogen and oxygen atoms in total. The van der Waals surface area contributed by atoms with E-state index in [0.29, 0.717) is 18.0 Å². The molecule has 168 valence electrons. The number of ether oxygens (including phenoxy) is 2. The number of carbonyl (C=O) groups excluding carboxylic acids is 1. The number of aryl methyl sites for hydroxylation is 1. The number of aromatic nitrogens is 1. The Balaban J connectivity index is 1.44. The van der Waals surface area contributed by atoms with Crippen LogP contribution in [-0.2, 0) is 11.2 Å². The van der Waals surface area contributed by atoms with E-state index in [0.717, 1.165) is 30.5 Å². The van der Waals surface area contributed by atoms with Crippen LogP contribution < -0.4 is 9.47 Å². The topological polar surface area (TPSA) is 64.8 Å². The molecule has 1 aliphatic heterocycles. The maximum Gasteiger partial charge on any atom is 0.223 e. The lowest BCUT2D eigenvalue weighted by atomic mass is 10.0. The SMILES string of the molecule is COc1ccc([C@@H]2CCCN2C(=O)CCc2ncc(-c3c(F)cccc3F)o2)cc1OC. The molecule has 2 aromatic carbocycles. The van der Waals surface area contributed by atoms with Crippen LogP contribution in [0.5, 0.6) is 11.5 Å². The molecule has 0 unspecified atom stereocenters. The van der Waals surface area contributed by atoms with Crippen molar-refractivity contribution in [3.63, 3.8) is 0 Å². The molecule has 1 saturated heterocycles. The van der Waals surface area contributed by atoms with Gasteiger partial charge in [-0.25, -0.2) is 13.8 Å². The third-order valence-corrected chi connectivity index (χ3v) is 5.68. The van der Waals surface area contributed by atoms with Gasteiger partial charge in [0.1, 0.15) is 11.6 Å². The molecular weight excluding hydrogens is 418 g/mol. The van der Waals surface area contributed by atoms with Crippen LogP contribution in [0.15, 0.2) is 47.0 Å². The van der Waals surface area contributed by atoms with Gasteiger partial charge in [-0.2, -0.15) is 0 Å². The fraction of sp³-hybridized carbons (Fsp3) is 0.333. The van der Waals surface area contributed by atoms with Crippen molar-refractivity contribution in [3.05, 3.63) is 65.7 Å². The third kappa shape index (κ3) is 4.30. The number of amides is 1. The summed E-state index contributed by atoms with van der Waals surface area (Å²) in [6.07, 6.45) is 3.47. The van der Waals surface area contributed by atoms with E-state index in [2.05, 4.69) is 4.98 Å². The summed E-state index contributed by atoms with van der Waals surface area (Å²) in [7, 11) is 3.16. The Morgan fingerprint density at radius 3 is 2.62 bits per heavy atom. The van der Waals surface area contributed by atoms with Gasteiger partial charge >= 0.3 is 0 Å². The van der Waals surface area contributed by atoms with Crippen LogP contribution in [0.4, 0.5) is 8.78 Å². The van der Waals surface area contributed by atoms with Crippen molar-refractivity contribution in [2.24, 2.45) is 0 Å². The lowest BCUT2D eigenvalue weighted by Crippen LogP contribution is -2.30. The Bertz CT molecular complexity index is 1090. The molecule has 2 heterocycles. The number of oxazole rings is 1. The molecule has 0 bridgehead atoms. The smallest absolute Gasteiger partial charge is 0.223 e. The van der Waals surface area contributed by atoms with Crippen molar-refractivity contribution in [2.45, 2.75) is 31.7 Å². The first-order chi connectivity index (χ1) is 15.5. The minimum atomic E-state index is -0.724. The number of hydrogen-bond donors (Lipinski definition) is 0. The molecule has 0 saturated carbocycles. The van der Waals surface area contributed by atoms with Crippen LogP contribution in [0.3, 0.4) is 0 Å². The van der Waals surface area contributed by atoms with Gasteiger partial charge in [-0.3, -0.25) is 4.79 Å². The van der Waals surface area contributed by atoms with E-state index in [9.17, 15) is 13.6 Å². The zero-order valence-corrected chi connectivity index (χ0v) is 17.9. The van der Waals surface area contributed by atoms with Crippen LogP contribution >= 0.6 is 0 Å². The van der Waals surface area contributed by atoms with Crippen LogP contribution in [0.1, 0.15) is 36.8 Å². The Labute approximate surface area is 184 Å². The highest BCUT2D eigenvalue weighted by atomic mass is 19.1. The summed E-state index contributed by atoms with van der Waals surface area (Å²) in [4.78, 5) is 18.9. The summed E-state index contributed by atoms with van der Waals surface area (Å²) < 4.78 is 44.1. The van der Waals surface area contributed by atoms with E-state index in [1.54, 1.807) is 14.2 Å². The predicted molar refractivity (Wildman–Crippen MR) is 113 cm³/mol. The standard InChI is InChI=1S/C24H24F2N2O4/c1-30-19-9-8-15(13-20(19)31-2)18-7-4-12-28(18)23(29)11-10-22-27-14-21(32-22)24-16(25)5-3-6-17(24)26/h3,5-6,8-9,13-14,18H,4,7,10-12H2,1-2H3/t18-/m0/s1. The van der Waals surface area contributed by atoms with Gasteiger partial charge < -0.3 is 18.8 Å². The summed E-state index contributed by atoms with van der Waals surface area (Å²) in [6.45, 7) is 0.662. The minimum absolute atomic E-state index is 0.00688. The van der Waals surface area contributed by atoms with Gasteiger partial charge in [0.25, 0.3) is 0 Å². The average Bonchev–Trinajstić information content (AvgIpc) is 3.47. The van der Waals surface area contributed by atoms with Crippen LogP contribution in [0.2, 0.25) is 0 Å². The lowest BCUT2D eigenvalue weighted by molar-refractivity contribution is -0.132. The fourth-order valence-corrected chi connectivity index (χ4v) is 4.10. The molecule has 0 spiro atoms. The summed E-state index contributed by atoms with van der Waals surface area (Å²) in [6, 6.07) is 9.24. The van der Waals surface area contributed by atoms with Crippen LogP contribution in [0.25, 0.3) is 11.3 Å². The Morgan fingerprint density at radius 1 is 1.16 bits per heavy atom. The van der Waals surface area contributed by atoms with E-state index in [1.165, 1.54) is 12.3 Å². The van der Waals surface area contributed by atoms with Crippen molar-refractivity contribution in [1.29, 1.82) is 0 Å². The maximum absolute atomic E-state index is 14.0. The quantitative estimate of drug-likeness (QED) is 0.519. The normalized spacial score (nSPS) is 15.8. The summed E-state index contributed by atoms with van der Waals surface area (Å²) >= 11 is 0. The van der Waals surface area contributed by atoms with Crippen molar-refractivity contribution < 1.29 is 27.5 Å². The van der Waals surface area contributed by atoms with Gasteiger partial charge in [0.2, 0.25) is 5.91 Å². The van der Waals surface area contributed by atoms with Gasteiger partial charge in [0, 0.05) is 19.4 Å². The molecule has 8 heteroatoms. The molecule has 1 atom stereocenters. The van der Waals surface area contributed by atoms with E-state index < -0.39 is 11.6 Å². The van der Waals surface area contributed by atoms with E-state index in [4.69, 9.17) is 13.9 Å². The molecule has 0 N–H and O–H groups in total. The number of methoxy groups -OCH3 is 2. The molecule has 4 rings (SSSR count). The Morgan fingerprint density at radius 2 is 1.91 bits per heavy atom. The average molecular weight is 442 g/mol. The molecule has 0 radical (unpaired) electrons. The second-order valence-electron chi connectivity index (χ2n) is 7.57. The van der Waals surface area contributed by atoms with Gasteiger partial charge in [0.05, 0.1) is 32.0 Å². The first-order valence-electron chi connectivity index (χ1n) is 10.4. The minimum Gasteiger partial charge on any atom is -0.493 e. The number of rotatable bonds is 7. The van der Waals surface area contributed by atoms with E-state index in [-0.39, 0.29) is 42.0 Å². The number of halogens is 2. The summed E-state index contributed by atoms with van der Waals surface area (Å²) in [5.41, 5.74) is 0.729. The largest absolute Gasteiger partial charge is 0.493 e. The third-order valence-electron chi connectivity index (χ3n) is 5.68. The second kappa shape index (κ2) is 9.38. The Kier molecular flexibility index (Phi) is 6.39. The second-order valence-corrected chi connectivity index (χ2v) is 7.57. The van der Waals surface area contributed by atoms with Crippen molar-refractivity contribution in [1.82, 2.24) is 9.88 Å². The number of nitrogens with zero attached hydrogens (tertiary/aromatic N) is 2. The highest BCUT2D eigenvalue weighted by Gasteiger charge is 2.30. The number of carbonyl (C=O) groups is 1. The first kappa shape index (κ1) is 21.8. The molecule has 1 aliphatic rings. The molecule has 1 fully saturated rings. The van der Waals surface area contributed by atoms with Gasteiger partial charge in [0.15, 0.2) is 23.1 Å². The summed E-state index contributed by atoms with van der Waals surface area (Å²) in [5.74, 6) is 0.0525. The van der Waals surface area contributed by atoms with Crippen molar-refractivity contribution >= 4 is 5.91 Å². The van der Waals surface area contributed by atoms with Crippen molar-refractivity contribution in [2.75, 3.05) is 20.8 Å². The molecule has 1 aromatic heterocycles. The van der Waals surface area contributed by atoms with E-state index >= 15 is 0 Å². The van der Waals surface area contributed by atoms with Gasteiger partial charge in [-0.05, 0) is 42.7 Å². The monoisotopic (exact) mass is 442 g/mol. The van der Waals surface area contributed by atoms with Gasteiger partial charge in [-0.1, -0.05) is 12.1 Å². The highest BCUT2D eigenvalue weighted by molar-refractivity contribution is 5.77. The first-order valence-corrected chi connectivity index (χ1v) is 10.4. The maximum atomic E-state index is 14.0.